The number of hydrogen-bond donors (Lipinski definition) is 7. The van der Waals surface area contributed by atoms with E-state index in [4.69, 9.17) is 16.3 Å². The maximum Gasteiger partial charge on any atom is 0.335 e. The van der Waals surface area contributed by atoms with Crippen LogP contribution >= 0.6 is 22.9 Å². The van der Waals surface area contributed by atoms with E-state index in [-0.39, 0.29) is 34.2 Å². The number of fused-ring (bicyclic) bond motifs is 1. The van der Waals surface area contributed by atoms with E-state index in [1.807, 2.05) is 0 Å². The Kier molecular flexibility index (Phi) is 10.9. The number of carboxylic acids is 1. The molecule has 1 aliphatic carbocycles. The zero-order valence-electron chi connectivity index (χ0n) is 26.9. The first-order valence-corrected chi connectivity index (χ1v) is 16.8. The molecule has 4 heterocycles. The molecule has 2 aromatic heterocycles. The van der Waals surface area contributed by atoms with E-state index >= 15 is 0 Å². The standard InChI is InChI=1S/C30H38ClN7O10S/c1-37(2)28(45)13-4-6-15(33-24(42)25(43)36-19-7-5-14(31)11-32-19)17(10-13)34-26(44)27-35-16-8-9-38(3,12-18(16)49-27)29-22(41)20(39)21(40)23(48-29)30(46)47/h5,7,11,13,15,17,20-23,29,39-41H,4,6,8-10,12H2,1-3H3,(H3-,32,33,34,36,42,43,44,46,47)/p+1/t13-,15-,17+,20?,21?,22?,23?,29?,38?/m0/s1. The van der Waals surface area contributed by atoms with Crippen LogP contribution in [-0.4, -0.2) is 140 Å². The van der Waals surface area contributed by atoms with Crippen molar-refractivity contribution >= 4 is 58.4 Å². The Morgan fingerprint density at radius 2 is 1.76 bits per heavy atom. The molecule has 0 aromatic carbocycles. The summed E-state index contributed by atoms with van der Waals surface area (Å²) in [4.78, 5) is 74.3. The summed E-state index contributed by atoms with van der Waals surface area (Å²) < 4.78 is 5.58. The van der Waals surface area contributed by atoms with Crippen LogP contribution in [0.5, 0.6) is 0 Å². The maximum atomic E-state index is 13.6. The molecule has 4 amide bonds. The van der Waals surface area contributed by atoms with Gasteiger partial charge in [0.25, 0.3) is 5.91 Å². The summed E-state index contributed by atoms with van der Waals surface area (Å²) in [6, 6.07) is 1.53. The minimum Gasteiger partial charge on any atom is -0.479 e. The van der Waals surface area contributed by atoms with Gasteiger partial charge in [-0.05, 0) is 31.4 Å². The summed E-state index contributed by atoms with van der Waals surface area (Å²) in [5.41, 5.74) is 0.632. The zero-order valence-corrected chi connectivity index (χ0v) is 28.5. The van der Waals surface area contributed by atoms with Gasteiger partial charge >= 0.3 is 17.8 Å². The number of carbonyl (C=O) groups excluding carboxylic acids is 4. The zero-order chi connectivity index (χ0) is 35.8. The summed E-state index contributed by atoms with van der Waals surface area (Å²) >= 11 is 6.92. The summed E-state index contributed by atoms with van der Waals surface area (Å²) in [6.07, 6.45) is -5.48. The molecular formula is C30H39ClN7O10S+. The molecular weight excluding hydrogens is 686 g/mol. The lowest BCUT2D eigenvalue weighted by Gasteiger charge is -2.49. The number of carbonyl (C=O) groups is 5. The van der Waals surface area contributed by atoms with Crippen molar-refractivity contribution in [1.82, 2.24) is 25.5 Å². The van der Waals surface area contributed by atoms with Gasteiger partial charge in [-0.15, -0.1) is 11.3 Å². The number of nitrogens with one attached hydrogen (secondary N) is 3. The molecule has 2 aromatic rings. The fourth-order valence-corrected chi connectivity index (χ4v) is 7.82. The highest BCUT2D eigenvalue weighted by atomic mass is 35.5. The number of hydrogen-bond acceptors (Lipinski definition) is 12. The average molecular weight is 725 g/mol. The van der Waals surface area contributed by atoms with E-state index in [1.165, 1.54) is 23.2 Å². The van der Waals surface area contributed by atoms with Crippen LogP contribution < -0.4 is 16.0 Å². The molecule has 7 N–H and O–H groups in total. The molecule has 0 bridgehead atoms. The number of nitrogens with zero attached hydrogens (tertiary/aromatic N) is 4. The molecule has 1 saturated heterocycles. The van der Waals surface area contributed by atoms with Gasteiger partial charge in [-0.1, -0.05) is 11.6 Å². The highest BCUT2D eigenvalue weighted by Gasteiger charge is 2.55. The van der Waals surface area contributed by atoms with Crippen LogP contribution in [0.1, 0.15) is 39.6 Å². The Balaban J connectivity index is 1.29. The van der Waals surface area contributed by atoms with Crippen LogP contribution in [-0.2, 0) is 36.9 Å². The van der Waals surface area contributed by atoms with Gasteiger partial charge in [-0.25, -0.2) is 14.8 Å². The largest absolute Gasteiger partial charge is 0.479 e. The second-order valence-corrected chi connectivity index (χ2v) is 14.5. The normalized spacial score (nSPS) is 31.2. The number of aromatic nitrogens is 2. The summed E-state index contributed by atoms with van der Waals surface area (Å²) in [5.74, 6) is -4.39. The van der Waals surface area contributed by atoms with E-state index in [0.717, 1.165) is 11.3 Å². The van der Waals surface area contributed by atoms with Gasteiger partial charge in [0.1, 0.15) is 24.6 Å². The van der Waals surface area contributed by atoms with Crippen molar-refractivity contribution in [2.45, 2.75) is 75.0 Å². The predicted molar refractivity (Wildman–Crippen MR) is 172 cm³/mol. The highest BCUT2D eigenvalue weighted by Crippen LogP contribution is 2.35. The number of thiazole rings is 1. The number of pyridine rings is 1. The SMILES string of the molecule is CN(C)C(=O)[C@H]1CC[C@H](NC(=O)C(=O)Nc2ccc(Cl)cn2)[C@H](NC(=O)c2nc3c(s2)C[N+](C)(C2OC(C(=O)O)C(O)C(O)C2O)CC3)C1. The van der Waals surface area contributed by atoms with E-state index < -0.39 is 72.3 Å². The van der Waals surface area contributed by atoms with E-state index in [2.05, 4.69) is 25.9 Å². The minimum atomic E-state index is -1.81. The van der Waals surface area contributed by atoms with Crippen LogP contribution in [0, 0.1) is 5.92 Å². The number of quaternary nitrogens is 1. The van der Waals surface area contributed by atoms with Crippen molar-refractivity contribution in [3.63, 3.8) is 0 Å². The molecule has 5 rings (SSSR count). The van der Waals surface area contributed by atoms with Crippen molar-refractivity contribution in [1.29, 1.82) is 0 Å². The molecule has 2 aliphatic heterocycles. The first-order valence-electron chi connectivity index (χ1n) is 15.6. The lowest BCUT2D eigenvalue weighted by molar-refractivity contribution is -0.974. The van der Waals surface area contributed by atoms with Crippen molar-refractivity contribution in [2.24, 2.45) is 5.92 Å². The lowest BCUT2D eigenvalue weighted by atomic mass is 9.81. The Morgan fingerprint density at radius 1 is 1.02 bits per heavy atom. The number of likely N-dealkylation sites (N-methyl/N-ethyl adjacent to an activating group) is 1. The van der Waals surface area contributed by atoms with Crippen LogP contribution in [0.15, 0.2) is 18.3 Å². The van der Waals surface area contributed by atoms with Gasteiger partial charge in [0.15, 0.2) is 17.2 Å². The Bertz CT molecular complexity index is 1610. The molecule has 6 unspecified atom stereocenters. The Morgan fingerprint density at radius 3 is 2.41 bits per heavy atom. The summed E-state index contributed by atoms with van der Waals surface area (Å²) in [5, 5.41) is 49.2. The van der Waals surface area contributed by atoms with Crippen LogP contribution in [0.4, 0.5) is 5.82 Å². The van der Waals surface area contributed by atoms with E-state index in [9.17, 15) is 44.4 Å². The van der Waals surface area contributed by atoms with Crippen LogP contribution in [0.3, 0.4) is 0 Å². The summed E-state index contributed by atoms with van der Waals surface area (Å²) in [6.45, 7) is 0.517. The van der Waals surface area contributed by atoms with Crippen LogP contribution in [0.25, 0.3) is 0 Å². The topological polar surface area (TPSA) is 241 Å². The Labute approximate surface area is 289 Å². The average Bonchev–Trinajstić information content (AvgIpc) is 3.48. The predicted octanol–water partition coefficient (Wildman–Crippen LogP) is -1.30. The number of amides is 4. The van der Waals surface area contributed by atoms with E-state index in [0.29, 0.717) is 41.4 Å². The number of aliphatic hydroxyl groups excluding tert-OH is 3. The van der Waals surface area contributed by atoms with Gasteiger partial charge < -0.3 is 46.0 Å². The third-order valence-electron chi connectivity index (χ3n) is 9.23. The first-order chi connectivity index (χ1) is 23.1. The first kappa shape index (κ1) is 36.5. The minimum absolute atomic E-state index is 0.0381. The molecule has 9 atom stereocenters. The maximum absolute atomic E-state index is 13.6. The van der Waals surface area contributed by atoms with Crippen molar-refractivity contribution < 1.29 is 53.6 Å². The third-order valence-corrected chi connectivity index (χ3v) is 10.5. The number of ether oxygens (including phenoxy) is 1. The highest BCUT2D eigenvalue weighted by molar-refractivity contribution is 7.13. The number of halogens is 1. The third kappa shape index (κ3) is 7.85. The Hall–Kier alpha value is -3.78. The molecule has 1 saturated carbocycles. The fraction of sp³-hybridized carbons (Fsp3) is 0.567. The number of rotatable bonds is 7. The van der Waals surface area contributed by atoms with Gasteiger partial charge in [-0.3, -0.25) is 23.7 Å². The van der Waals surface area contributed by atoms with Crippen LogP contribution in [0.2, 0.25) is 5.02 Å². The van der Waals surface area contributed by atoms with Gasteiger partial charge in [0.05, 0.1) is 35.2 Å². The van der Waals surface area contributed by atoms with Crippen molar-refractivity contribution in [3.05, 3.63) is 38.9 Å². The number of carboxylic acid groups (broad SMARTS) is 1. The fourth-order valence-electron chi connectivity index (χ4n) is 6.55. The second-order valence-electron chi connectivity index (χ2n) is 13.0. The molecule has 3 aliphatic rings. The van der Waals surface area contributed by atoms with E-state index in [1.54, 1.807) is 21.1 Å². The molecule has 0 spiro atoms. The molecule has 19 heteroatoms. The molecule has 0 radical (unpaired) electrons. The summed E-state index contributed by atoms with van der Waals surface area (Å²) in [7, 11) is 4.98. The smallest absolute Gasteiger partial charge is 0.335 e. The van der Waals surface area contributed by atoms with Crippen molar-refractivity contribution in [2.75, 3.05) is 33.0 Å². The van der Waals surface area contributed by atoms with Gasteiger partial charge in [0, 0.05) is 38.7 Å². The molecule has 17 nitrogen and oxygen atoms in total. The second kappa shape index (κ2) is 14.6. The monoisotopic (exact) mass is 724 g/mol. The molecule has 266 valence electrons. The molecule has 49 heavy (non-hydrogen) atoms. The number of anilines is 1. The van der Waals surface area contributed by atoms with Crippen molar-refractivity contribution in [3.8, 4) is 0 Å². The van der Waals surface area contributed by atoms with Gasteiger partial charge in [0.2, 0.25) is 12.1 Å². The quantitative estimate of drug-likeness (QED) is 0.130. The number of aliphatic carboxylic acids is 1. The lowest BCUT2D eigenvalue weighted by Crippen LogP contribution is -2.69. The van der Waals surface area contributed by atoms with Gasteiger partial charge in [-0.2, -0.15) is 0 Å². The molecule has 2 fully saturated rings. The number of aliphatic hydroxyl groups is 3.